The Morgan fingerprint density at radius 1 is 0.973 bits per heavy atom. The highest BCUT2D eigenvalue weighted by molar-refractivity contribution is 5.40. The van der Waals surface area contributed by atoms with Gasteiger partial charge in [0.25, 0.3) is 5.56 Å². The third-order valence-corrected chi connectivity index (χ3v) is 6.78. The Morgan fingerprint density at radius 2 is 1.70 bits per heavy atom. The molecule has 3 heterocycles. The van der Waals surface area contributed by atoms with Crippen molar-refractivity contribution in [3.05, 3.63) is 105 Å². The molecule has 8 heteroatoms. The van der Waals surface area contributed by atoms with Crippen LogP contribution in [0.1, 0.15) is 40.2 Å². The van der Waals surface area contributed by atoms with E-state index in [-0.39, 0.29) is 17.4 Å². The molecule has 0 amide bonds. The number of hydrogen-bond acceptors (Lipinski definition) is 7. The number of aromatic nitrogens is 2. The van der Waals surface area contributed by atoms with Crippen molar-refractivity contribution < 1.29 is 13.9 Å². The number of rotatable bonds is 9. The van der Waals surface area contributed by atoms with Gasteiger partial charge < -0.3 is 19.2 Å². The molecule has 1 aliphatic rings. The molecule has 0 unspecified atom stereocenters. The third-order valence-electron chi connectivity index (χ3n) is 6.78. The van der Waals surface area contributed by atoms with E-state index in [1.165, 1.54) is 5.56 Å². The zero-order valence-corrected chi connectivity index (χ0v) is 21.4. The smallest absolute Gasteiger partial charge is 0.252 e. The first-order chi connectivity index (χ1) is 18.0. The van der Waals surface area contributed by atoms with Crippen molar-refractivity contribution in [2.45, 2.75) is 31.8 Å². The van der Waals surface area contributed by atoms with Crippen molar-refractivity contribution in [1.82, 2.24) is 14.9 Å². The minimum absolute atomic E-state index is 0.0222. The lowest BCUT2D eigenvalue weighted by atomic mass is 9.90. The van der Waals surface area contributed by atoms with Gasteiger partial charge in [0.15, 0.2) is 0 Å². The summed E-state index contributed by atoms with van der Waals surface area (Å²) in [5, 5.41) is 3.26. The molecule has 2 aromatic heterocycles. The molecule has 0 saturated carbocycles. The highest BCUT2D eigenvalue weighted by Crippen LogP contribution is 2.40. The maximum Gasteiger partial charge on any atom is 0.252 e. The molecule has 0 spiro atoms. The topological polar surface area (TPSA) is 92.6 Å². The quantitative estimate of drug-likeness (QED) is 0.345. The lowest BCUT2D eigenvalue weighted by molar-refractivity contribution is 0.319. The van der Waals surface area contributed by atoms with E-state index >= 15 is 0 Å². The van der Waals surface area contributed by atoms with Crippen LogP contribution in [0.25, 0.3) is 0 Å². The summed E-state index contributed by atoms with van der Waals surface area (Å²) in [5.41, 5.74) is 2.77. The van der Waals surface area contributed by atoms with Crippen molar-refractivity contribution in [3.63, 3.8) is 0 Å². The number of ether oxygens (including phenoxy) is 2. The van der Waals surface area contributed by atoms with Crippen LogP contribution < -0.4 is 20.3 Å². The third kappa shape index (κ3) is 5.86. The van der Waals surface area contributed by atoms with Crippen molar-refractivity contribution in [2.75, 3.05) is 32.6 Å². The Balaban J connectivity index is 1.39. The van der Waals surface area contributed by atoms with Crippen LogP contribution in [0.4, 0.5) is 5.95 Å². The van der Waals surface area contributed by atoms with Crippen LogP contribution in [0, 0.1) is 6.92 Å². The fraction of sp³-hybridized carbons (Fsp3) is 0.310. The SMILES string of the molecule is COc1cc(CNc2nc([C@H]3CN(Cc4ccccc4)C[C@@H]3c3ccc(C)o3)cc(=O)[nH]2)cc(OC)c1. The molecule has 5 rings (SSSR count). The van der Waals surface area contributed by atoms with Crippen LogP contribution in [-0.2, 0) is 13.1 Å². The lowest BCUT2D eigenvalue weighted by Crippen LogP contribution is -2.21. The summed E-state index contributed by atoms with van der Waals surface area (Å²) >= 11 is 0. The Hall–Kier alpha value is -4.04. The molecule has 2 N–H and O–H groups in total. The summed E-state index contributed by atoms with van der Waals surface area (Å²) in [5.74, 6) is 3.76. The molecular weight excluding hydrogens is 468 g/mol. The van der Waals surface area contributed by atoms with Crippen LogP contribution in [-0.4, -0.2) is 42.2 Å². The summed E-state index contributed by atoms with van der Waals surface area (Å²) in [6.45, 7) is 4.84. The number of aryl methyl sites for hydroxylation is 1. The van der Waals surface area contributed by atoms with E-state index in [2.05, 4.69) is 39.5 Å². The zero-order valence-electron chi connectivity index (χ0n) is 21.4. The number of nitrogens with zero attached hydrogens (tertiary/aromatic N) is 2. The van der Waals surface area contributed by atoms with E-state index in [1.54, 1.807) is 20.3 Å². The molecule has 1 aliphatic heterocycles. The molecule has 2 aromatic carbocycles. The van der Waals surface area contributed by atoms with Gasteiger partial charge in [0.05, 0.1) is 19.9 Å². The van der Waals surface area contributed by atoms with Crippen molar-refractivity contribution >= 4 is 5.95 Å². The summed E-state index contributed by atoms with van der Waals surface area (Å²) in [4.78, 5) is 22.8. The molecule has 0 aliphatic carbocycles. The van der Waals surface area contributed by atoms with E-state index in [4.69, 9.17) is 18.9 Å². The predicted octanol–water partition coefficient (Wildman–Crippen LogP) is 4.68. The molecule has 0 bridgehead atoms. The number of methoxy groups -OCH3 is 2. The summed E-state index contributed by atoms with van der Waals surface area (Å²) < 4.78 is 16.8. The fourth-order valence-electron chi connectivity index (χ4n) is 5.00. The first-order valence-corrected chi connectivity index (χ1v) is 12.4. The van der Waals surface area contributed by atoms with Gasteiger partial charge in [-0.1, -0.05) is 30.3 Å². The normalized spacial score (nSPS) is 17.6. The van der Waals surface area contributed by atoms with E-state index < -0.39 is 0 Å². The van der Waals surface area contributed by atoms with E-state index in [0.29, 0.717) is 24.0 Å². The molecule has 1 fully saturated rings. The number of nitrogens with one attached hydrogen (secondary N) is 2. The second-order valence-corrected chi connectivity index (χ2v) is 9.43. The first kappa shape index (κ1) is 24.6. The van der Waals surface area contributed by atoms with Crippen molar-refractivity contribution in [3.8, 4) is 11.5 Å². The van der Waals surface area contributed by atoms with Crippen LogP contribution >= 0.6 is 0 Å². The lowest BCUT2D eigenvalue weighted by Gasteiger charge is -2.17. The number of likely N-dealkylation sites (tertiary alicyclic amines) is 1. The molecule has 8 nitrogen and oxygen atoms in total. The van der Waals surface area contributed by atoms with Crippen LogP contribution in [0.3, 0.4) is 0 Å². The zero-order chi connectivity index (χ0) is 25.8. The van der Waals surface area contributed by atoms with Gasteiger partial charge >= 0.3 is 0 Å². The van der Waals surface area contributed by atoms with Crippen molar-refractivity contribution in [2.24, 2.45) is 0 Å². The molecular formula is C29H32N4O4. The van der Waals surface area contributed by atoms with Crippen LogP contribution in [0.2, 0.25) is 0 Å². The second kappa shape index (κ2) is 10.9. The van der Waals surface area contributed by atoms with Crippen LogP contribution in [0.5, 0.6) is 11.5 Å². The maximum atomic E-state index is 12.7. The van der Waals surface area contributed by atoms with Gasteiger partial charge in [-0.2, -0.15) is 0 Å². The van der Waals surface area contributed by atoms with E-state index in [9.17, 15) is 4.79 Å². The Bertz CT molecular complexity index is 1380. The van der Waals surface area contributed by atoms with Gasteiger partial charge in [0.1, 0.15) is 23.0 Å². The van der Waals surface area contributed by atoms with Gasteiger partial charge in [-0.05, 0) is 42.3 Å². The average Bonchev–Trinajstić information content (AvgIpc) is 3.53. The van der Waals surface area contributed by atoms with E-state index in [1.807, 2.05) is 43.3 Å². The van der Waals surface area contributed by atoms with Gasteiger partial charge in [-0.15, -0.1) is 0 Å². The monoisotopic (exact) mass is 500 g/mol. The summed E-state index contributed by atoms with van der Waals surface area (Å²) in [7, 11) is 3.24. The fourth-order valence-corrected chi connectivity index (χ4v) is 5.00. The highest BCUT2D eigenvalue weighted by Gasteiger charge is 2.38. The van der Waals surface area contributed by atoms with Crippen molar-refractivity contribution in [1.29, 1.82) is 0 Å². The molecule has 2 atom stereocenters. The minimum Gasteiger partial charge on any atom is -0.497 e. The second-order valence-electron chi connectivity index (χ2n) is 9.43. The predicted molar refractivity (Wildman–Crippen MR) is 142 cm³/mol. The number of furan rings is 1. The molecule has 192 valence electrons. The van der Waals surface area contributed by atoms with Gasteiger partial charge in [-0.3, -0.25) is 14.7 Å². The van der Waals surface area contributed by atoms with Gasteiger partial charge in [-0.25, -0.2) is 4.98 Å². The largest absolute Gasteiger partial charge is 0.497 e. The van der Waals surface area contributed by atoms with Gasteiger partial charge in [0, 0.05) is 50.1 Å². The van der Waals surface area contributed by atoms with E-state index in [0.717, 1.165) is 42.4 Å². The number of benzene rings is 2. The molecule has 37 heavy (non-hydrogen) atoms. The Labute approximate surface area is 216 Å². The Morgan fingerprint density at radius 3 is 2.38 bits per heavy atom. The highest BCUT2D eigenvalue weighted by atomic mass is 16.5. The first-order valence-electron chi connectivity index (χ1n) is 12.4. The number of H-pyrrole nitrogens is 1. The molecule has 0 radical (unpaired) electrons. The summed E-state index contributed by atoms with van der Waals surface area (Å²) in [6, 6.07) is 21.7. The molecule has 4 aromatic rings. The Kier molecular flexibility index (Phi) is 7.28. The number of anilines is 1. The maximum absolute atomic E-state index is 12.7. The van der Waals surface area contributed by atoms with Crippen LogP contribution in [0.15, 0.2) is 75.9 Å². The standard InChI is InChI=1S/C29H32N4O4/c1-19-9-10-27(37-19)25-18-33(16-20-7-5-4-6-8-20)17-24(25)26-14-28(34)32-29(31-26)30-15-21-11-22(35-2)13-23(12-21)36-3/h4-14,24-25H,15-18H2,1-3H3,(H2,30,31,32,34)/t24-,25-/m0/s1. The number of hydrogen-bond donors (Lipinski definition) is 2. The summed E-state index contributed by atoms with van der Waals surface area (Å²) in [6.07, 6.45) is 0. The molecule has 1 saturated heterocycles. The van der Waals surface area contributed by atoms with Gasteiger partial charge in [0.2, 0.25) is 5.95 Å². The minimum atomic E-state index is -0.188. The average molecular weight is 501 g/mol. The number of aromatic amines is 1.